The number of rotatable bonds is 35. The van der Waals surface area contributed by atoms with E-state index in [9.17, 15) is 80.6 Å². The monoisotopic (exact) mass is 1450 g/mol. The Bertz CT molecular complexity index is 4790. The minimum absolute atomic E-state index is 0.0282. The van der Waals surface area contributed by atoms with E-state index in [1.54, 1.807) is 40.2 Å². The molecular formula is C65H77N8O22S4+. The molecule has 2 fully saturated rings. The largest absolute Gasteiger partial charge is 0.439 e. The molecule has 0 unspecified atom stereocenters. The summed E-state index contributed by atoms with van der Waals surface area (Å²) in [5.74, 6) is -4.42. The maximum atomic E-state index is 12.7. The van der Waals surface area contributed by atoms with Crippen molar-refractivity contribution in [2.45, 2.75) is 109 Å². The highest BCUT2D eigenvalue weighted by Crippen LogP contribution is 2.45. The number of carbonyl (C=O) groups is 6. The van der Waals surface area contributed by atoms with E-state index in [4.69, 9.17) is 18.8 Å². The first-order valence-corrected chi connectivity index (χ1v) is 38.7. The minimum Gasteiger partial charge on any atom is -0.439 e. The van der Waals surface area contributed by atoms with Gasteiger partial charge < -0.3 is 42.7 Å². The minimum atomic E-state index is -4.30. The van der Waals surface area contributed by atoms with Gasteiger partial charge in [-0.05, 0) is 99.9 Å². The van der Waals surface area contributed by atoms with Gasteiger partial charge in [0.1, 0.15) is 0 Å². The third-order valence-electron chi connectivity index (χ3n) is 17.4. The van der Waals surface area contributed by atoms with Gasteiger partial charge in [-0.2, -0.15) is 38.2 Å². The Morgan fingerprint density at radius 3 is 1.44 bits per heavy atom. The number of hydrogen-bond acceptors (Lipinski definition) is 21. The summed E-state index contributed by atoms with van der Waals surface area (Å²) in [6.07, 6.45) is 11.7. The van der Waals surface area contributed by atoms with Gasteiger partial charge in [-0.1, -0.05) is 24.6 Å². The van der Waals surface area contributed by atoms with E-state index in [1.807, 2.05) is 93.4 Å². The van der Waals surface area contributed by atoms with Gasteiger partial charge in [0.05, 0.1) is 45.8 Å². The zero-order valence-corrected chi connectivity index (χ0v) is 57.7. The van der Waals surface area contributed by atoms with Crippen LogP contribution in [0.5, 0.6) is 5.75 Å². The van der Waals surface area contributed by atoms with Crippen molar-refractivity contribution in [3.05, 3.63) is 96.7 Å². The van der Waals surface area contributed by atoms with Crippen LogP contribution in [-0.4, -0.2) is 162 Å². The van der Waals surface area contributed by atoms with E-state index in [0.29, 0.717) is 107 Å². The number of fused-ring (bicyclic) bond motifs is 8. The molecule has 0 spiro atoms. The smallest absolute Gasteiger partial charge is 0.374 e. The lowest BCUT2D eigenvalue weighted by Crippen LogP contribution is -2.35. The van der Waals surface area contributed by atoms with Crippen LogP contribution < -0.4 is 24.0 Å². The van der Waals surface area contributed by atoms with Crippen molar-refractivity contribution < 1.29 is 104 Å². The Balaban J connectivity index is 0.949. The second-order valence-electron chi connectivity index (χ2n) is 24.5. The number of hydroxylamine groups is 4. The number of ether oxygens (including phenoxy) is 1. The summed E-state index contributed by atoms with van der Waals surface area (Å²) in [6, 6.07) is 19.1. The standard InChI is InChI=1S/C65H76N8O22S4/c1-66-50-22-20-44(68(28-12-34-96(80,81)82)29-13-35-97(83,84)85)38-46(50)48-40-54-56(42-52(48)66)92-62(70(54)32-10-4-8-18-64(78)94-72-58(74)24-25-59(72)75)16-6-3-7-17-63-71(33-11-5-9-19-65(79)95-73-60(76)26-27-61(73)77)55-41-49-47-39-45(21-23-51(47)67(2)53(49)43-57(55)93-63)69(30-14-36-98(86,87)88)31-15-37-99(89,90)91/h3,6-7,16-17,20-23,38-43H,4-5,8-15,18-19,24-37H2,1-2H3,(H3-,80,81,82,83,84,85,86,87,88,89,90,91)/p+1. The average Bonchev–Trinajstić information content (AvgIpc) is 1.59. The number of unbranched alkanes of at least 4 members (excludes halogenated alkanes) is 4. The molecule has 4 amide bonds. The Morgan fingerprint density at radius 1 is 0.525 bits per heavy atom. The van der Waals surface area contributed by atoms with Crippen LogP contribution in [0.25, 0.3) is 60.8 Å². The number of imide groups is 2. The van der Waals surface area contributed by atoms with Crippen LogP contribution in [0, 0.1) is 0 Å². The number of amides is 4. The lowest BCUT2D eigenvalue weighted by molar-refractivity contribution is -0.678. The van der Waals surface area contributed by atoms with Gasteiger partial charge in [-0.3, -0.25) is 37.4 Å². The topological polar surface area (TPSA) is 391 Å². The molecule has 7 aromatic rings. The van der Waals surface area contributed by atoms with Crippen LogP contribution >= 0.6 is 0 Å². The molecule has 34 heteroatoms. The second-order valence-corrected chi connectivity index (χ2v) is 30.8. The van der Waals surface area contributed by atoms with Crippen molar-refractivity contribution in [3.63, 3.8) is 0 Å². The summed E-state index contributed by atoms with van der Waals surface area (Å²) < 4.78 is 151. The van der Waals surface area contributed by atoms with Gasteiger partial charge >= 0.3 is 17.8 Å². The number of nitrogens with zero attached hydrogens (tertiary/aromatic N) is 8. The lowest BCUT2D eigenvalue weighted by Gasteiger charge is -2.25. The van der Waals surface area contributed by atoms with Crippen LogP contribution in [0.15, 0.2) is 95.3 Å². The predicted molar refractivity (Wildman–Crippen MR) is 365 cm³/mol. The molecule has 99 heavy (non-hydrogen) atoms. The highest BCUT2D eigenvalue weighted by atomic mass is 32.2. The first-order valence-electron chi connectivity index (χ1n) is 32.3. The van der Waals surface area contributed by atoms with Crippen molar-refractivity contribution in [2.24, 2.45) is 14.1 Å². The Kier molecular flexibility index (Phi) is 22.7. The Labute approximate surface area is 570 Å². The number of carbonyl (C=O) groups excluding carboxylic acids is 6. The molecule has 2 saturated heterocycles. The molecule has 3 aliphatic heterocycles. The van der Waals surface area contributed by atoms with Crippen molar-refractivity contribution in [3.8, 4) is 5.75 Å². The van der Waals surface area contributed by atoms with E-state index >= 15 is 0 Å². The molecule has 0 bridgehead atoms. The molecule has 30 nitrogen and oxygen atoms in total. The summed E-state index contributed by atoms with van der Waals surface area (Å²) in [7, 11) is -13.4. The highest BCUT2D eigenvalue weighted by Gasteiger charge is 2.35. The summed E-state index contributed by atoms with van der Waals surface area (Å²) in [6.45, 7) is 1.34. The number of allylic oxidation sites excluding steroid dienone is 4. The molecule has 3 aliphatic rings. The summed E-state index contributed by atoms with van der Waals surface area (Å²) >= 11 is 0. The molecule has 0 radical (unpaired) electrons. The molecule has 0 aliphatic carbocycles. The molecule has 532 valence electrons. The van der Waals surface area contributed by atoms with Gasteiger partial charge in [-0.15, -0.1) is 10.1 Å². The van der Waals surface area contributed by atoms with Gasteiger partial charge in [0.25, 0.3) is 69.6 Å². The van der Waals surface area contributed by atoms with Crippen LogP contribution in [0.4, 0.5) is 17.1 Å². The van der Waals surface area contributed by atoms with Gasteiger partial charge in [0.15, 0.2) is 12.3 Å². The van der Waals surface area contributed by atoms with E-state index in [0.717, 1.165) is 43.6 Å². The fraction of sp³-hybridized carbons (Fsp3) is 0.431. The number of oxazole rings is 1. The zero-order valence-electron chi connectivity index (χ0n) is 54.4. The Morgan fingerprint density at radius 2 is 0.970 bits per heavy atom. The number of hydrogen-bond donors (Lipinski definition) is 4. The summed E-state index contributed by atoms with van der Waals surface area (Å²) in [5.41, 5.74) is 6.47. The van der Waals surface area contributed by atoms with E-state index in [1.165, 1.54) is 0 Å². The van der Waals surface area contributed by atoms with E-state index < -0.39 is 99.1 Å². The van der Waals surface area contributed by atoms with Crippen LogP contribution in [0.3, 0.4) is 0 Å². The van der Waals surface area contributed by atoms with Crippen molar-refractivity contribution in [2.75, 3.05) is 70.4 Å². The van der Waals surface area contributed by atoms with Crippen LogP contribution in [-0.2, 0) is 99.6 Å². The third kappa shape index (κ3) is 18.6. The SMILES string of the molecule is Cn1c2ccc(N(CCCS(=O)(=O)O)CCCS(=O)(=O)O)cc2c2cc3c(cc21)O\C(=C/C=C/C=C/c1oc2cc4c(cc2[n+]1CCCCCC(=O)ON1C(=O)CCC1=O)c1cc(N(CCCS(=O)(=O)O)CCCS(=O)(=O)O)ccc1n4C)N3CCCCCC(=O)ON1C(=O)CCC1=O. The van der Waals surface area contributed by atoms with Crippen molar-refractivity contribution in [1.82, 2.24) is 19.3 Å². The normalized spacial score (nSPS) is 15.3. The zero-order chi connectivity index (χ0) is 71.1. The number of benzene rings is 4. The van der Waals surface area contributed by atoms with E-state index in [2.05, 4.69) is 0 Å². The molecule has 4 N–H and O–H groups in total. The predicted octanol–water partition coefficient (Wildman–Crippen LogP) is 7.38. The molecule has 10 rings (SSSR count). The van der Waals surface area contributed by atoms with Crippen LogP contribution in [0.2, 0.25) is 0 Å². The quantitative estimate of drug-likeness (QED) is 0.00989. The number of aryl methyl sites for hydroxylation is 3. The lowest BCUT2D eigenvalue weighted by atomic mass is 10.1. The average molecular weight is 1450 g/mol. The Hall–Kier alpha value is -8.77. The third-order valence-corrected chi connectivity index (χ3v) is 20.6. The molecule has 3 aromatic heterocycles. The fourth-order valence-electron chi connectivity index (χ4n) is 12.6. The maximum absolute atomic E-state index is 12.7. The van der Waals surface area contributed by atoms with Gasteiger partial charge in [0, 0.05) is 154 Å². The molecule has 0 atom stereocenters. The molecule has 0 saturated carbocycles. The molecule has 6 heterocycles. The first-order chi connectivity index (χ1) is 46.9. The molecule has 4 aromatic carbocycles. The van der Waals surface area contributed by atoms with Crippen molar-refractivity contribution >= 4 is 154 Å². The molecular weight excluding hydrogens is 1370 g/mol. The summed E-state index contributed by atoms with van der Waals surface area (Å²) in [4.78, 5) is 89.6. The van der Waals surface area contributed by atoms with E-state index in [-0.39, 0.29) is 90.4 Å². The van der Waals surface area contributed by atoms with Gasteiger partial charge in [0.2, 0.25) is 11.5 Å². The van der Waals surface area contributed by atoms with Crippen molar-refractivity contribution in [1.29, 1.82) is 0 Å². The maximum Gasteiger partial charge on any atom is 0.374 e. The second kappa shape index (κ2) is 30.8. The first kappa shape index (κ1) is 73.0. The summed E-state index contributed by atoms with van der Waals surface area (Å²) in [5, 5.41) is 4.27. The number of anilines is 3. The highest BCUT2D eigenvalue weighted by molar-refractivity contribution is 7.86. The van der Waals surface area contributed by atoms with Gasteiger partial charge in [-0.25, -0.2) is 9.59 Å². The fourth-order valence-corrected chi connectivity index (χ4v) is 14.5. The number of aromatic nitrogens is 3. The van der Waals surface area contributed by atoms with Crippen LogP contribution in [0.1, 0.15) is 109 Å².